The maximum Gasteiger partial charge on any atom is 0.264 e. The van der Waals surface area contributed by atoms with Crippen LogP contribution in [0, 0.1) is 19.8 Å². The van der Waals surface area contributed by atoms with Crippen molar-refractivity contribution in [3.8, 4) is 0 Å². The molecule has 0 aromatic heterocycles. The Hall–Kier alpha value is -3.07. The molecule has 40 heavy (non-hydrogen) atoms. The molecule has 3 aromatic rings. The topological polar surface area (TPSA) is 86.8 Å². The molecule has 7 nitrogen and oxygen atoms in total. The molecule has 0 spiro atoms. The van der Waals surface area contributed by atoms with Crippen LogP contribution in [0.1, 0.15) is 37.5 Å². The smallest absolute Gasteiger partial charge is 0.264 e. The first-order valence-electron chi connectivity index (χ1n) is 13.0. The highest BCUT2D eigenvalue weighted by atomic mass is 35.5. The van der Waals surface area contributed by atoms with E-state index in [-0.39, 0.29) is 23.3 Å². The van der Waals surface area contributed by atoms with E-state index in [1.807, 2.05) is 33.8 Å². The SMILES string of the molecule is Cc1ccc(N(CC(=O)N(Cc2c(Cl)cccc2Cl)C(C)C(=O)NCC(C)C)S(=O)(=O)c2ccccc2)cc1C. The zero-order valence-corrected chi connectivity index (χ0v) is 25.6. The van der Waals surface area contributed by atoms with Gasteiger partial charge in [-0.2, -0.15) is 0 Å². The Labute approximate surface area is 247 Å². The summed E-state index contributed by atoms with van der Waals surface area (Å²) in [5.41, 5.74) is 2.66. The van der Waals surface area contributed by atoms with Crippen molar-refractivity contribution < 1.29 is 18.0 Å². The molecule has 0 aliphatic heterocycles. The molecular formula is C30H35Cl2N3O4S. The quantitative estimate of drug-likeness (QED) is 0.291. The summed E-state index contributed by atoms with van der Waals surface area (Å²) in [7, 11) is -4.14. The largest absolute Gasteiger partial charge is 0.354 e. The van der Waals surface area contributed by atoms with Crippen LogP contribution < -0.4 is 9.62 Å². The van der Waals surface area contributed by atoms with Crippen molar-refractivity contribution in [2.75, 3.05) is 17.4 Å². The second-order valence-corrected chi connectivity index (χ2v) is 12.8. The zero-order chi connectivity index (χ0) is 29.6. The molecule has 0 aliphatic rings. The van der Waals surface area contributed by atoms with Gasteiger partial charge in [-0.1, -0.05) is 67.4 Å². The lowest BCUT2D eigenvalue weighted by Crippen LogP contribution is -2.51. The molecule has 0 saturated carbocycles. The van der Waals surface area contributed by atoms with Gasteiger partial charge in [-0.15, -0.1) is 0 Å². The molecule has 0 aliphatic carbocycles. The van der Waals surface area contributed by atoms with Crippen LogP contribution >= 0.6 is 23.2 Å². The third-order valence-corrected chi connectivity index (χ3v) is 9.13. The predicted molar refractivity (Wildman–Crippen MR) is 161 cm³/mol. The van der Waals surface area contributed by atoms with Gasteiger partial charge in [0.25, 0.3) is 10.0 Å². The van der Waals surface area contributed by atoms with E-state index in [4.69, 9.17) is 23.2 Å². The van der Waals surface area contributed by atoms with E-state index < -0.39 is 28.5 Å². The van der Waals surface area contributed by atoms with Gasteiger partial charge in [0.2, 0.25) is 11.8 Å². The number of sulfonamides is 1. The van der Waals surface area contributed by atoms with Gasteiger partial charge in [0.1, 0.15) is 12.6 Å². The molecule has 0 heterocycles. The van der Waals surface area contributed by atoms with E-state index in [1.165, 1.54) is 17.0 Å². The maximum absolute atomic E-state index is 14.0. The molecule has 2 amide bonds. The fourth-order valence-corrected chi connectivity index (χ4v) is 5.96. The average molecular weight is 605 g/mol. The van der Waals surface area contributed by atoms with Crippen LogP contribution in [-0.2, 0) is 26.2 Å². The number of aryl methyl sites for hydroxylation is 2. The summed E-state index contributed by atoms with van der Waals surface area (Å²) >= 11 is 12.8. The number of hydrogen-bond acceptors (Lipinski definition) is 4. The van der Waals surface area contributed by atoms with E-state index in [2.05, 4.69) is 5.32 Å². The molecule has 10 heteroatoms. The fourth-order valence-electron chi connectivity index (χ4n) is 4.02. The van der Waals surface area contributed by atoms with Gasteiger partial charge >= 0.3 is 0 Å². The predicted octanol–water partition coefficient (Wildman–Crippen LogP) is 6.00. The molecule has 0 bridgehead atoms. The van der Waals surface area contributed by atoms with Gasteiger partial charge in [0.15, 0.2) is 0 Å². The summed E-state index contributed by atoms with van der Waals surface area (Å²) in [6, 6.07) is 17.2. The molecule has 0 saturated heterocycles. The van der Waals surface area contributed by atoms with Crippen molar-refractivity contribution in [2.24, 2.45) is 5.92 Å². The van der Waals surface area contributed by atoms with Crippen molar-refractivity contribution >= 4 is 50.7 Å². The van der Waals surface area contributed by atoms with Crippen molar-refractivity contribution in [2.45, 2.75) is 52.1 Å². The number of carbonyl (C=O) groups excluding carboxylic acids is 2. The number of amides is 2. The van der Waals surface area contributed by atoms with Gasteiger partial charge in [0, 0.05) is 28.7 Å². The Bertz CT molecular complexity index is 1440. The first kappa shape index (κ1) is 31.5. The number of rotatable bonds is 11. The van der Waals surface area contributed by atoms with Crippen LogP contribution in [0.25, 0.3) is 0 Å². The lowest BCUT2D eigenvalue weighted by atomic mass is 10.1. The van der Waals surface area contributed by atoms with Gasteiger partial charge in [-0.25, -0.2) is 8.42 Å². The maximum atomic E-state index is 14.0. The summed E-state index contributed by atoms with van der Waals surface area (Å²) < 4.78 is 28.8. The summed E-state index contributed by atoms with van der Waals surface area (Å²) in [6.07, 6.45) is 0. The van der Waals surface area contributed by atoms with Gasteiger partial charge in [-0.05, 0) is 74.2 Å². The number of benzene rings is 3. The normalized spacial score (nSPS) is 12.2. The van der Waals surface area contributed by atoms with E-state index in [1.54, 1.807) is 55.5 Å². The number of nitrogens with zero attached hydrogens (tertiary/aromatic N) is 2. The van der Waals surface area contributed by atoms with Crippen LogP contribution in [0.2, 0.25) is 10.0 Å². The Morgan fingerprint density at radius 3 is 2.08 bits per heavy atom. The van der Waals surface area contributed by atoms with Crippen LogP contribution in [-0.4, -0.2) is 44.3 Å². The van der Waals surface area contributed by atoms with Crippen LogP contribution in [0.4, 0.5) is 5.69 Å². The number of halogens is 2. The van der Waals surface area contributed by atoms with Crippen LogP contribution in [0.3, 0.4) is 0 Å². The van der Waals surface area contributed by atoms with E-state index >= 15 is 0 Å². The Balaban J connectivity index is 2.06. The monoisotopic (exact) mass is 603 g/mol. The highest BCUT2D eigenvalue weighted by molar-refractivity contribution is 7.92. The Morgan fingerprint density at radius 2 is 1.50 bits per heavy atom. The van der Waals surface area contributed by atoms with Crippen molar-refractivity contribution in [1.82, 2.24) is 10.2 Å². The van der Waals surface area contributed by atoms with Crippen molar-refractivity contribution in [3.05, 3.63) is 93.5 Å². The molecule has 3 aromatic carbocycles. The van der Waals surface area contributed by atoms with Gasteiger partial charge in [-0.3, -0.25) is 13.9 Å². The summed E-state index contributed by atoms with van der Waals surface area (Å²) in [6.45, 7) is 9.14. The van der Waals surface area contributed by atoms with E-state index in [0.717, 1.165) is 15.4 Å². The van der Waals surface area contributed by atoms with Crippen molar-refractivity contribution in [3.63, 3.8) is 0 Å². The van der Waals surface area contributed by atoms with E-state index in [9.17, 15) is 18.0 Å². The Kier molecular flexibility index (Phi) is 10.6. The first-order chi connectivity index (χ1) is 18.8. The molecule has 1 N–H and O–H groups in total. The third-order valence-electron chi connectivity index (χ3n) is 6.63. The van der Waals surface area contributed by atoms with Crippen LogP contribution in [0.5, 0.6) is 0 Å². The first-order valence-corrected chi connectivity index (χ1v) is 15.2. The molecule has 3 rings (SSSR count). The van der Waals surface area contributed by atoms with Crippen LogP contribution in [0.15, 0.2) is 71.6 Å². The molecule has 1 atom stereocenters. The van der Waals surface area contributed by atoms with Crippen molar-refractivity contribution in [1.29, 1.82) is 0 Å². The number of hydrogen-bond donors (Lipinski definition) is 1. The standard InChI is InChI=1S/C30H35Cl2N3O4S/c1-20(2)17-33-30(37)23(5)34(18-26-27(31)12-9-13-28(26)32)29(36)19-35(24-15-14-21(3)22(4)16-24)40(38,39)25-10-7-6-8-11-25/h6-16,20,23H,17-19H2,1-5H3,(H,33,37). The summed E-state index contributed by atoms with van der Waals surface area (Å²) in [5, 5.41) is 3.53. The summed E-state index contributed by atoms with van der Waals surface area (Å²) in [5.74, 6) is -0.746. The minimum absolute atomic E-state index is 0.0458. The zero-order valence-electron chi connectivity index (χ0n) is 23.3. The number of nitrogens with one attached hydrogen (secondary N) is 1. The molecule has 0 radical (unpaired) electrons. The second kappa shape index (κ2) is 13.5. The lowest BCUT2D eigenvalue weighted by Gasteiger charge is -2.32. The number of carbonyl (C=O) groups is 2. The minimum Gasteiger partial charge on any atom is -0.354 e. The molecule has 214 valence electrons. The van der Waals surface area contributed by atoms with Gasteiger partial charge < -0.3 is 10.2 Å². The number of anilines is 1. The average Bonchev–Trinajstić information content (AvgIpc) is 2.91. The third kappa shape index (κ3) is 7.56. The highest BCUT2D eigenvalue weighted by Gasteiger charge is 2.33. The molecule has 0 fully saturated rings. The molecular weight excluding hydrogens is 569 g/mol. The van der Waals surface area contributed by atoms with Gasteiger partial charge in [0.05, 0.1) is 10.6 Å². The fraction of sp³-hybridized carbons (Fsp3) is 0.333. The highest BCUT2D eigenvalue weighted by Crippen LogP contribution is 2.29. The second-order valence-electron chi connectivity index (χ2n) is 10.1. The minimum atomic E-state index is -4.14. The Morgan fingerprint density at radius 1 is 0.875 bits per heavy atom. The summed E-state index contributed by atoms with van der Waals surface area (Å²) in [4.78, 5) is 28.5. The molecule has 1 unspecified atom stereocenters. The lowest BCUT2D eigenvalue weighted by molar-refractivity contribution is -0.139. The van der Waals surface area contributed by atoms with E-state index in [0.29, 0.717) is 27.8 Å².